The molecule has 116 valence electrons. The topological polar surface area (TPSA) is 58.4 Å². The van der Waals surface area contributed by atoms with Crippen molar-refractivity contribution in [1.82, 2.24) is 0 Å². The Bertz CT molecular complexity index is 669. The predicted molar refractivity (Wildman–Crippen MR) is 88.8 cm³/mol. The van der Waals surface area contributed by atoms with E-state index in [9.17, 15) is 9.18 Å². The molecule has 0 unspecified atom stereocenters. The Morgan fingerprint density at radius 1 is 1.18 bits per heavy atom. The molecule has 0 heterocycles. The van der Waals surface area contributed by atoms with Crippen molar-refractivity contribution in [1.29, 1.82) is 0 Å². The summed E-state index contributed by atoms with van der Waals surface area (Å²) in [7, 11) is 0. The highest BCUT2D eigenvalue weighted by atomic mass is 19.1. The van der Waals surface area contributed by atoms with Crippen molar-refractivity contribution in [2.24, 2.45) is 0 Å². The number of halogens is 1. The molecular weight excluding hydrogens is 281 g/mol. The third-order valence-electron chi connectivity index (χ3n) is 3.48. The van der Waals surface area contributed by atoms with E-state index in [4.69, 9.17) is 5.73 Å². The van der Waals surface area contributed by atoms with E-state index < -0.39 is 5.82 Å². The summed E-state index contributed by atoms with van der Waals surface area (Å²) < 4.78 is 13.1. The molecule has 3 N–H and O–H groups in total. The molecule has 0 saturated carbocycles. The number of nitrogens with two attached hydrogens (primary N) is 1. The number of carbonyl (C=O) groups excluding carboxylic acids is 1. The molecule has 5 heteroatoms. The van der Waals surface area contributed by atoms with Crippen molar-refractivity contribution < 1.29 is 9.18 Å². The van der Waals surface area contributed by atoms with Crippen molar-refractivity contribution >= 4 is 23.0 Å². The summed E-state index contributed by atoms with van der Waals surface area (Å²) in [5, 5.41) is 2.72. The fourth-order valence-electron chi connectivity index (χ4n) is 2.32. The number of hydrogen-bond acceptors (Lipinski definition) is 3. The zero-order valence-electron chi connectivity index (χ0n) is 12.8. The maximum Gasteiger partial charge on any atom is 0.255 e. The third kappa shape index (κ3) is 3.55. The minimum Gasteiger partial charge on any atom is -0.397 e. The lowest BCUT2D eigenvalue weighted by molar-refractivity contribution is 0.102. The van der Waals surface area contributed by atoms with E-state index in [1.54, 1.807) is 18.2 Å². The van der Waals surface area contributed by atoms with Gasteiger partial charge in [0.05, 0.1) is 11.4 Å². The van der Waals surface area contributed by atoms with Crippen LogP contribution in [-0.2, 0) is 0 Å². The van der Waals surface area contributed by atoms with Crippen LogP contribution >= 0.6 is 0 Å². The smallest absolute Gasteiger partial charge is 0.255 e. The van der Waals surface area contributed by atoms with Gasteiger partial charge in [-0.25, -0.2) is 4.39 Å². The first-order chi connectivity index (χ1) is 10.5. The van der Waals surface area contributed by atoms with Crippen LogP contribution in [0.25, 0.3) is 0 Å². The lowest BCUT2D eigenvalue weighted by atomic mass is 10.2. The maximum atomic E-state index is 13.1. The van der Waals surface area contributed by atoms with Crippen LogP contribution in [0, 0.1) is 5.82 Å². The number of nitrogens with one attached hydrogen (secondary N) is 1. The van der Waals surface area contributed by atoms with E-state index in [-0.39, 0.29) is 11.5 Å². The molecule has 0 bridgehead atoms. The molecule has 2 rings (SSSR count). The average Bonchev–Trinajstić information content (AvgIpc) is 2.50. The molecule has 0 aliphatic rings. The molecule has 0 aliphatic carbocycles. The van der Waals surface area contributed by atoms with Gasteiger partial charge in [0.1, 0.15) is 5.82 Å². The van der Waals surface area contributed by atoms with E-state index in [1.165, 1.54) is 18.2 Å². The number of benzene rings is 2. The number of carbonyl (C=O) groups is 1. The lowest BCUT2D eigenvalue weighted by Gasteiger charge is -2.23. The quantitative estimate of drug-likeness (QED) is 0.831. The maximum absolute atomic E-state index is 13.1. The Morgan fingerprint density at radius 2 is 1.91 bits per heavy atom. The normalized spacial score (nSPS) is 10.3. The number of amides is 1. The second kappa shape index (κ2) is 6.93. The van der Waals surface area contributed by atoms with Gasteiger partial charge < -0.3 is 16.0 Å². The van der Waals surface area contributed by atoms with Crippen molar-refractivity contribution in [2.45, 2.75) is 13.8 Å². The van der Waals surface area contributed by atoms with Crippen LogP contribution in [0.5, 0.6) is 0 Å². The molecule has 0 aromatic heterocycles. The Balaban J connectivity index is 2.17. The highest BCUT2D eigenvalue weighted by Crippen LogP contribution is 2.26. The zero-order chi connectivity index (χ0) is 16.1. The van der Waals surface area contributed by atoms with Gasteiger partial charge in [0.15, 0.2) is 0 Å². The molecule has 0 radical (unpaired) electrons. The first kappa shape index (κ1) is 15.8. The zero-order valence-corrected chi connectivity index (χ0v) is 12.8. The third-order valence-corrected chi connectivity index (χ3v) is 3.48. The van der Waals surface area contributed by atoms with Gasteiger partial charge in [-0.05, 0) is 50.2 Å². The Hall–Kier alpha value is -2.56. The van der Waals surface area contributed by atoms with Crippen molar-refractivity contribution in [2.75, 3.05) is 29.0 Å². The van der Waals surface area contributed by atoms with Crippen LogP contribution in [0.3, 0.4) is 0 Å². The van der Waals surface area contributed by atoms with Gasteiger partial charge in [-0.3, -0.25) is 4.79 Å². The highest BCUT2D eigenvalue weighted by molar-refractivity contribution is 6.04. The molecule has 2 aromatic carbocycles. The minimum absolute atomic E-state index is 0.270. The molecule has 0 fully saturated rings. The average molecular weight is 301 g/mol. The SMILES string of the molecule is CCN(CC)c1ccc(NC(=O)c2cccc(F)c2)cc1N. The summed E-state index contributed by atoms with van der Waals surface area (Å²) in [6.45, 7) is 5.83. The van der Waals surface area contributed by atoms with Crippen LogP contribution in [0.4, 0.5) is 21.5 Å². The minimum atomic E-state index is -0.441. The molecule has 0 saturated heterocycles. The second-order valence-electron chi connectivity index (χ2n) is 4.91. The molecule has 1 amide bonds. The first-order valence-electron chi connectivity index (χ1n) is 7.26. The Morgan fingerprint density at radius 3 is 2.50 bits per heavy atom. The number of nitrogens with zero attached hydrogens (tertiary/aromatic N) is 1. The van der Waals surface area contributed by atoms with Gasteiger partial charge >= 0.3 is 0 Å². The molecular formula is C17H20FN3O. The van der Waals surface area contributed by atoms with Gasteiger partial charge in [0.2, 0.25) is 0 Å². The van der Waals surface area contributed by atoms with E-state index in [0.717, 1.165) is 18.8 Å². The molecule has 22 heavy (non-hydrogen) atoms. The fraction of sp³-hybridized carbons (Fsp3) is 0.235. The van der Waals surface area contributed by atoms with E-state index in [1.807, 2.05) is 6.07 Å². The predicted octanol–water partition coefficient (Wildman–Crippen LogP) is 3.51. The van der Waals surface area contributed by atoms with Crippen LogP contribution in [0.15, 0.2) is 42.5 Å². The van der Waals surface area contributed by atoms with Crippen LogP contribution in [0.2, 0.25) is 0 Å². The fourth-order valence-corrected chi connectivity index (χ4v) is 2.32. The molecule has 0 atom stereocenters. The largest absolute Gasteiger partial charge is 0.397 e. The molecule has 2 aromatic rings. The lowest BCUT2D eigenvalue weighted by Crippen LogP contribution is -2.23. The Kier molecular flexibility index (Phi) is 4.99. The van der Waals surface area contributed by atoms with Crippen molar-refractivity contribution in [3.8, 4) is 0 Å². The van der Waals surface area contributed by atoms with Gasteiger partial charge in [0, 0.05) is 24.3 Å². The van der Waals surface area contributed by atoms with Crippen molar-refractivity contribution in [3.63, 3.8) is 0 Å². The van der Waals surface area contributed by atoms with Crippen molar-refractivity contribution in [3.05, 3.63) is 53.8 Å². The number of hydrogen-bond donors (Lipinski definition) is 2. The monoisotopic (exact) mass is 301 g/mol. The van der Waals surface area contributed by atoms with E-state index in [2.05, 4.69) is 24.1 Å². The molecule has 4 nitrogen and oxygen atoms in total. The van der Waals surface area contributed by atoms with Crippen LogP contribution < -0.4 is 16.0 Å². The summed E-state index contributed by atoms with van der Waals surface area (Å²) >= 11 is 0. The first-order valence-corrected chi connectivity index (χ1v) is 7.26. The summed E-state index contributed by atoms with van der Waals surface area (Å²) in [4.78, 5) is 14.2. The number of rotatable bonds is 5. The standard InChI is InChI=1S/C17H20FN3O/c1-3-21(4-2)16-9-8-14(11-15(16)19)20-17(22)12-6-5-7-13(18)10-12/h5-11H,3-4,19H2,1-2H3,(H,20,22). The van der Waals surface area contributed by atoms with Gasteiger partial charge in [-0.15, -0.1) is 0 Å². The van der Waals surface area contributed by atoms with Gasteiger partial charge in [-0.1, -0.05) is 6.07 Å². The van der Waals surface area contributed by atoms with E-state index >= 15 is 0 Å². The summed E-state index contributed by atoms with van der Waals surface area (Å²) in [6, 6.07) is 10.9. The van der Waals surface area contributed by atoms with Crippen LogP contribution in [0.1, 0.15) is 24.2 Å². The molecule has 0 aliphatic heterocycles. The van der Waals surface area contributed by atoms with E-state index in [0.29, 0.717) is 11.4 Å². The number of anilines is 3. The Labute approximate surface area is 129 Å². The summed E-state index contributed by atoms with van der Waals surface area (Å²) in [5.41, 5.74) is 8.45. The van der Waals surface area contributed by atoms with Gasteiger partial charge in [0.25, 0.3) is 5.91 Å². The summed E-state index contributed by atoms with van der Waals surface area (Å²) in [5.74, 6) is -0.807. The highest BCUT2D eigenvalue weighted by Gasteiger charge is 2.10. The summed E-state index contributed by atoms with van der Waals surface area (Å²) in [6.07, 6.45) is 0. The van der Waals surface area contributed by atoms with Gasteiger partial charge in [-0.2, -0.15) is 0 Å². The molecule has 0 spiro atoms. The number of nitrogen functional groups attached to an aromatic ring is 1. The van der Waals surface area contributed by atoms with Crippen LogP contribution in [-0.4, -0.2) is 19.0 Å². The second-order valence-corrected chi connectivity index (χ2v) is 4.91.